The van der Waals surface area contributed by atoms with Crippen LogP contribution in [0.15, 0.2) is 36.4 Å². The van der Waals surface area contributed by atoms with Gasteiger partial charge >= 0.3 is 0 Å². The monoisotopic (exact) mass is 591 g/mol. The Morgan fingerprint density at radius 2 is 1.81 bits per heavy atom. The summed E-state index contributed by atoms with van der Waals surface area (Å²) >= 11 is 0. The van der Waals surface area contributed by atoms with Gasteiger partial charge in [-0.3, -0.25) is 14.4 Å². The molecule has 5 aliphatic rings. The van der Waals surface area contributed by atoms with E-state index in [0.29, 0.717) is 24.1 Å². The molecule has 0 radical (unpaired) electrons. The molecule has 43 heavy (non-hydrogen) atoms. The van der Waals surface area contributed by atoms with Gasteiger partial charge in [-0.15, -0.1) is 0 Å². The van der Waals surface area contributed by atoms with E-state index in [1.54, 1.807) is 4.90 Å². The Morgan fingerprint density at radius 1 is 1.05 bits per heavy atom. The average molecular weight is 592 g/mol. The number of nitrogens with zero attached hydrogens (tertiary/aromatic N) is 3. The number of likely N-dealkylation sites (N-methyl/N-ethyl adjacent to an activating group) is 1. The van der Waals surface area contributed by atoms with Gasteiger partial charge in [-0.1, -0.05) is 57.9 Å². The average Bonchev–Trinajstić information content (AvgIpc) is 3.63. The molecule has 4 aliphatic heterocycles. The third-order valence-corrected chi connectivity index (χ3v) is 11.0. The predicted molar refractivity (Wildman–Crippen MR) is 166 cm³/mol. The maximum Gasteiger partial charge on any atom is 0.246 e. The smallest absolute Gasteiger partial charge is 0.246 e. The van der Waals surface area contributed by atoms with Crippen molar-refractivity contribution in [3.63, 3.8) is 0 Å². The number of piperazine rings is 1. The fourth-order valence-corrected chi connectivity index (χ4v) is 8.30. The van der Waals surface area contributed by atoms with Crippen molar-refractivity contribution >= 4 is 23.4 Å². The van der Waals surface area contributed by atoms with E-state index < -0.39 is 29.6 Å². The van der Waals surface area contributed by atoms with E-state index >= 15 is 0 Å². The van der Waals surface area contributed by atoms with Gasteiger partial charge in [0.15, 0.2) is 0 Å². The summed E-state index contributed by atoms with van der Waals surface area (Å²) in [6, 6.07) is 6.94. The minimum Gasteiger partial charge on any atom is -0.359 e. The highest BCUT2D eigenvalue weighted by molar-refractivity contribution is 6.02. The Balaban J connectivity index is 1.22. The Kier molecular flexibility index (Phi) is 8.68. The summed E-state index contributed by atoms with van der Waals surface area (Å²) in [5.41, 5.74) is 0.614. The van der Waals surface area contributed by atoms with Crippen LogP contribution in [0.2, 0.25) is 0 Å². The van der Waals surface area contributed by atoms with E-state index in [1.807, 2.05) is 43.3 Å². The molecule has 3 amide bonds. The van der Waals surface area contributed by atoms with Crippen molar-refractivity contribution in [3.8, 4) is 0 Å². The first-order valence-corrected chi connectivity index (χ1v) is 16.5. The lowest BCUT2D eigenvalue weighted by molar-refractivity contribution is -0.141. The van der Waals surface area contributed by atoms with Crippen molar-refractivity contribution in [1.82, 2.24) is 20.0 Å². The maximum absolute atomic E-state index is 14.3. The van der Waals surface area contributed by atoms with Crippen molar-refractivity contribution in [1.29, 1.82) is 0 Å². The van der Waals surface area contributed by atoms with Crippen LogP contribution in [0.5, 0.6) is 0 Å². The molecule has 234 valence electrons. The number of amides is 3. The molecule has 9 nitrogen and oxygen atoms in total. The molecule has 1 spiro atoms. The lowest BCUT2D eigenvalue weighted by Crippen LogP contribution is -2.58. The van der Waals surface area contributed by atoms with Gasteiger partial charge in [0.1, 0.15) is 11.6 Å². The molecule has 4 heterocycles. The van der Waals surface area contributed by atoms with Crippen LogP contribution in [0.25, 0.3) is 0 Å². The Labute approximate surface area is 256 Å². The summed E-state index contributed by atoms with van der Waals surface area (Å²) < 4.78 is 6.56. The number of nitrogens with one attached hydrogen (secondary N) is 2. The number of benzene rings is 1. The van der Waals surface area contributed by atoms with Crippen LogP contribution in [0.3, 0.4) is 0 Å². The van der Waals surface area contributed by atoms with Gasteiger partial charge in [0.25, 0.3) is 0 Å². The summed E-state index contributed by atoms with van der Waals surface area (Å²) in [5, 5.41) is 6.39. The number of likely N-dealkylation sites (tertiary alicyclic amines) is 1. The first kappa shape index (κ1) is 30.3. The molecule has 4 fully saturated rings. The molecule has 0 aromatic heterocycles. The highest BCUT2D eigenvalue weighted by Gasteiger charge is 2.72. The van der Waals surface area contributed by atoms with Gasteiger partial charge in [0.05, 0.1) is 17.9 Å². The normalized spacial score (nSPS) is 35.8. The zero-order chi connectivity index (χ0) is 30.3. The number of aryl methyl sites for hydroxylation is 1. The highest BCUT2D eigenvalue weighted by atomic mass is 16.5. The maximum atomic E-state index is 14.3. The SMILES string of the molecule is CCN1CCN(CCCN2C(=O)[C@@H]3[C@H](C(=O)Nc4cccc(C)c4)[C@@H]4C=C[C@@]3(O4)[C@@H]2C(=O)N[C@@H]2CCC[C@@H](C)[C@H]2C)CC1. The van der Waals surface area contributed by atoms with E-state index in [1.165, 1.54) is 6.42 Å². The molecular formula is C34H49N5O4. The van der Waals surface area contributed by atoms with Gasteiger partial charge in [-0.25, -0.2) is 0 Å². The summed E-state index contributed by atoms with van der Waals surface area (Å²) in [6.07, 6.45) is 7.26. The fourth-order valence-electron chi connectivity index (χ4n) is 8.30. The van der Waals surface area contributed by atoms with Crippen molar-refractivity contribution in [2.75, 3.05) is 51.1 Å². The largest absolute Gasteiger partial charge is 0.359 e. The molecular weight excluding hydrogens is 542 g/mol. The molecule has 3 saturated heterocycles. The number of fused-ring (bicyclic) bond motifs is 1. The van der Waals surface area contributed by atoms with Crippen molar-refractivity contribution < 1.29 is 19.1 Å². The van der Waals surface area contributed by atoms with Gasteiger partial charge in [-0.05, 0) is 62.4 Å². The topological polar surface area (TPSA) is 94.2 Å². The van der Waals surface area contributed by atoms with Crippen molar-refractivity contribution in [2.24, 2.45) is 23.7 Å². The van der Waals surface area contributed by atoms with Crippen LogP contribution >= 0.6 is 0 Å². The van der Waals surface area contributed by atoms with Gasteiger partial charge in [0.2, 0.25) is 17.7 Å². The lowest BCUT2D eigenvalue weighted by Gasteiger charge is -2.38. The van der Waals surface area contributed by atoms with Gasteiger partial charge < -0.3 is 30.1 Å². The highest BCUT2D eigenvalue weighted by Crippen LogP contribution is 2.55. The van der Waals surface area contributed by atoms with E-state index in [-0.39, 0.29) is 23.8 Å². The Bertz CT molecular complexity index is 1240. The fraction of sp³-hybridized carbons (Fsp3) is 0.676. The number of ether oxygens (including phenoxy) is 1. The molecule has 1 aromatic carbocycles. The van der Waals surface area contributed by atoms with Gasteiger partial charge in [-0.2, -0.15) is 0 Å². The Morgan fingerprint density at radius 3 is 2.56 bits per heavy atom. The summed E-state index contributed by atoms with van der Waals surface area (Å²) in [7, 11) is 0. The third kappa shape index (κ3) is 5.64. The lowest BCUT2D eigenvalue weighted by atomic mass is 9.73. The molecule has 1 saturated carbocycles. The third-order valence-electron chi connectivity index (χ3n) is 11.0. The molecule has 6 rings (SSSR count). The first-order valence-electron chi connectivity index (χ1n) is 16.5. The standard InChI is InChI=1S/C34H49N5O4/c1-5-37-17-19-38(20-18-37)15-8-16-39-30(32(41)36-26-12-7-10-23(3)24(26)4)34-14-13-27(43-34)28(29(34)33(39)42)31(40)35-25-11-6-9-22(2)21-25/h6,9,11,13-14,21,23-24,26-30H,5,7-8,10,12,15-20H2,1-4H3,(H,35,40)(H,36,41)/t23-,24-,26-,27+,28-,29+,30+,34+/m1/s1. The Hall–Kier alpha value is -2.75. The number of anilines is 1. The van der Waals surface area contributed by atoms with E-state index in [0.717, 1.165) is 64.1 Å². The predicted octanol–water partition coefficient (Wildman–Crippen LogP) is 3.05. The molecule has 0 unspecified atom stereocenters. The van der Waals surface area contributed by atoms with Crippen LogP contribution < -0.4 is 10.6 Å². The van der Waals surface area contributed by atoms with Crippen molar-refractivity contribution in [2.45, 2.75) is 77.2 Å². The van der Waals surface area contributed by atoms with Crippen LogP contribution in [0.4, 0.5) is 5.69 Å². The van der Waals surface area contributed by atoms with E-state index in [2.05, 4.69) is 41.2 Å². The second kappa shape index (κ2) is 12.3. The quantitative estimate of drug-likeness (QED) is 0.429. The minimum absolute atomic E-state index is 0.0708. The molecule has 1 aromatic rings. The van der Waals surface area contributed by atoms with Crippen molar-refractivity contribution in [3.05, 3.63) is 42.0 Å². The summed E-state index contributed by atoms with van der Waals surface area (Å²) in [6.45, 7) is 15.2. The number of hydrogen-bond donors (Lipinski definition) is 2. The second-order valence-electron chi connectivity index (χ2n) is 13.6. The molecule has 9 heteroatoms. The number of carbonyl (C=O) groups is 3. The number of hydrogen-bond acceptors (Lipinski definition) is 6. The van der Waals surface area contributed by atoms with Crippen LogP contribution in [-0.4, -0.2) is 102 Å². The molecule has 8 atom stereocenters. The van der Waals surface area contributed by atoms with Crippen LogP contribution in [-0.2, 0) is 19.1 Å². The number of carbonyl (C=O) groups excluding carboxylic acids is 3. The van der Waals surface area contributed by atoms with Crippen LogP contribution in [0.1, 0.15) is 52.0 Å². The summed E-state index contributed by atoms with van der Waals surface area (Å²) in [5.74, 6) is -1.03. The second-order valence-corrected chi connectivity index (χ2v) is 13.6. The van der Waals surface area contributed by atoms with Gasteiger partial charge in [0, 0.05) is 44.5 Å². The zero-order valence-corrected chi connectivity index (χ0v) is 26.3. The van der Waals surface area contributed by atoms with E-state index in [9.17, 15) is 14.4 Å². The first-order chi connectivity index (χ1) is 20.7. The molecule has 1 aliphatic carbocycles. The minimum atomic E-state index is -1.13. The number of rotatable bonds is 9. The zero-order valence-electron chi connectivity index (χ0n) is 26.3. The molecule has 2 N–H and O–H groups in total. The summed E-state index contributed by atoms with van der Waals surface area (Å²) in [4.78, 5) is 49.0. The molecule has 2 bridgehead atoms. The van der Waals surface area contributed by atoms with Crippen LogP contribution in [0, 0.1) is 30.6 Å². The van der Waals surface area contributed by atoms with E-state index in [4.69, 9.17) is 4.74 Å².